The first-order valence-corrected chi connectivity index (χ1v) is 7.24. The Morgan fingerprint density at radius 1 is 1.21 bits per heavy atom. The van der Waals surface area contributed by atoms with Crippen molar-refractivity contribution in [2.24, 2.45) is 0 Å². The summed E-state index contributed by atoms with van der Waals surface area (Å²) >= 11 is 3.03. The van der Waals surface area contributed by atoms with Crippen molar-refractivity contribution < 1.29 is 9.90 Å². The number of carbonyl (C=O) groups is 1. The average Bonchev–Trinajstić information content (AvgIpc) is 3.09. The predicted molar refractivity (Wildman–Crippen MR) is 75.6 cm³/mol. The van der Waals surface area contributed by atoms with Crippen LogP contribution in [0.4, 0.5) is 0 Å². The van der Waals surface area contributed by atoms with E-state index in [0.29, 0.717) is 0 Å². The first-order chi connectivity index (χ1) is 9.24. The van der Waals surface area contributed by atoms with Gasteiger partial charge in [-0.15, -0.1) is 22.7 Å². The Labute approximate surface area is 117 Å². The molecule has 0 unspecified atom stereocenters. The van der Waals surface area contributed by atoms with Gasteiger partial charge in [0, 0.05) is 16.3 Å². The van der Waals surface area contributed by atoms with Crippen molar-refractivity contribution in [3.63, 3.8) is 0 Å². The van der Waals surface area contributed by atoms with Gasteiger partial charge in [0.2, 0.25) is 0 Å². The van der Waals surface area contributed by atoms with Gasteiger partial charge in [-0.1, -0.05) is 12.1 Å². The molecule has 6 heteroatoms. The Morgan fingerprint density at radius 2 is 2.11 bits per heavy atom. The maximum absolute atomic E-state index is 11.0. The second kappa shape index (κ2) is 4.91. The molecule has 0 fully saturated rings. The lowest BCUT2D eigenvalue weighted by Crippen LogP contribution is -1.95. The van der Waals surface area contributed by atoms with Crippen molar-refractivity contribution in [3.05, 3.63) is 46.1 Å². The number of carboxylic acids is 1. The number of hydrogen-bond acceptors (Lipinski definition) is 5. The Bertz CT molecular complexity index is 720. The second-order valence-electron chi connectivity index (χ2n) is 3.80. The van der Waals surface area contributed by atoms with Crippen LogP contribution in [0.25, 0.3) is 22.0 Å². The van der Waals surface area contributed by atoms with Gasteiger partial charge >= 0.3 is 5.97 Å². The summed E-state index contributed by atoms with van der Waals surface area (Å²) in [4.78, 5) is 19.7. The second-order valence-corrected chi connectivity index (χ2v) is 5.37. The van der Waals surface area contributed by atoms with E-state index < -0.39 is 5.97 Å². The van der Waals surface area contributed by atoms with Crippen molar-refractivity contribution in [1.82, 2.24) is 9.97 Å². The molecule has 2 heterocycles. The fourth-order valence-corrected chi connectivity index (χ4v) is 3.06. The van der Waals surface area contributed by atoms with Gasteiger partial charge in [0.15, 0.2) is 0 Å². The van der Waals surface area contributed by atoms with Crippen molar-refractivity contribution in [1.29, 1.82) is 0 Å². The van der Waals surface area contributed by atoms with Crippen molar-refractivity contribution >= 4 is 28.6 Å². The van der Waals surface area contributed by atoms with Crippen LogP contribution in [-0.2, 0) is 0 Å². The number of aromatic nitrogens is 2. The van der Waals surface area contributed by atoms with Gasteiger partial charge in [0.1, 0.15) is 10.7 Å². The fourth-order valence-electron chi connectivity index (χ4n) is 1.65. The Hall–Kier alpha value is -2.05. The molecule has 19 heavy (non-hydrogen) atoms. The third kappa shape index (κ3) is 2.40. The highest BCUT2D eigenvalue weighted by molar-refractivity contribution is 7.14. The topological polar surface area (TPSA) is 63.1 Å². The molecule has 0 amide bonds. The zero-order chi connectivity index (χ0) is 13.2. The summed E-state index contributed by atoms with van der Waals surface area (Å²) in [5, 5.41) is 13.7. The summed E-state index contributed by atoms with van der Waals surface area (Å²) in [6, 6.07) is 6.77. The van der Waals surface area contributed by atoms with E-state index in [1.54, 1.807) is 23.7 Å². The van der Waals surface area contributed by atoms with Crippen LogP contribution in [0.5, 0.6) is 0 Å². The zero-order valence-electron chi connectivity index (χ0n) is 9.61. The molecule has 0 atom stereocenters. The Balaban J connectivity index is 1.99. The minimum Gasteiger partial charge on any atom is -0.478 e. The van der Waals surface area contributed by atoms with Gasteiger partial charge in [-0.2, -0.15) is 0 Å². The molecule has 0 aliphatic carbocycles. The number of nitrogens with zero attached hydrogens (tertiary/aromatic N) is 2. The Morgan fingerprint density at radius 3 is 2.84 bits per heavy atom. The molecule has 2 aromatic heterocycles. The molecule has 0 aliphatic heterocycles. The molecule has 1 N–H and O–H groups in total. The lowest BCUT2D eigenvalue weighted by molar-refractivity contribution is 0.0697. The number of benzene rings is 1. The van der Waals surface area contributed by atoms with Gasteiger partial charge in [-0.3, -0.25) is 0 Å². The van der Waals surface area contributed by atoms with Gasteiger partial charge in [-0.05, 0) is 12.1 Å². The van der Waals surface area contributed by atoms with E-state index in [4.69, 9.17) is 5.11 Å². The number of rotatable bonds is 3. The van der Waals surface area contributed by atoms with Gasteiger partial charge < -0.3 is 5.11 Å². The number of carboxylic acid groups (broad SMARTS) is 1. The average molecular weight is 288 g/mol. The van der Waals surface area contributed by atoms with Gasteiger partial charge in [0.05, 0.1) is 16.8 Å². The monoisotopic (exact) mass is 288 g/mol. The summed E-state index contributed by atoms with van der Waals surface area (Å²) < 4.78 is 0. The summed E-state index contributed by atoms with van der Waals surface area (Å²) in [6.45, 7) is 0. The van der Waals surface area contributed by atoms with Crippen LogP contribution in [0, 0.1) is 0 Å². The molecule has 0 saturated carbocycles. The van der Waals surface area contributed by atoms with Crippen LogP contribution in [-0.4, -0.2) is 21.0 Å². The molecular weight excluding hydrogens is 280 g/mol. The van der Waals surface area contributed by atoms with Gasteiger partial charge in [0.25, 0.3) is 0 Å². The van der Waals surface area contributed by atoms with Crippen LogP contribution in [0.15, 0.2) is 40.5 Å². The van der Waals surface area contributed by atoms with Crippen LogP contribution in [0.1, 0.15) is 10.4 Å². The molecule has 3 rings (SSSR count). The normalized spacial score (nSPS) is 10.5. The molecule has 4 nitrogen and oxygen atoms in total. The van der Waals surface area contributed by atoms with E-state index in [1.165, 1.54) is 22.7 Å². The van der Waals surface area contributed by atoms with Crippen LogP contribution in [0.2, 0.25) is 0 Å². The predicted octanol–water partition coefficient (Wildman–Crippen LogP) is 3.63. The highest BCUT2D eigenvalue weighted by Gasteiger charge is 2.10. The van der Waals surface area contributed by atoms with Crippen LogP contribution in [0.3, 0.4) is 0 Å². The first-order valence-electron chi connectivity index (χ1n) is 5.42. The van der Waals surface area contributed by atoms with Crippen molar-refractivity contribution in [2.75, 3.05) is 0 Å². The molecule has 0 bridgehead atoms. The number of aromatic carboxylic acids is 1. The molecule has 0 saturated heterocycles. The molecule has 0 spiro atoms. The molecule has 3 aromatic rings. The summed E-state index contributed by atoms with van der Waals surface area (Å²) in [5.74, 6) is -0.934. The van der Waals surface area contributed by atoms with E-state index in [0.717, 1.165) is 22.0 Å². The molecule has 0 aliphatic rings. The van der Waals surface area contributed by atoms with E-state index in [1.807, 2.05) is 16.8 Å². The van der Waals surface area contributed by atoms with E-state index in [-0.39, 0.29) is 5.56 Å². The summed E-state index contributed by atoms with van der Waals surface area (Å²) in [5.41, 5.74) is 4.46. The zero-order valence-corrected chi connectivity index (χ0v) is 11.2. The highest BCUT2D eigenvalue weighted by atomic mass is 32.1. The SMILES string of the molecule is O=C(O)c1cccc(-c2csc(-c3cscn3)n2)c1. The van der Waals surface area contributed by atoms with Crippen LogP contribution < -0.4 is 0 Å². The number of thiazole rings is 2. The molecular formula is C13H8N2O2S2. The quantitative estimate of drug-likeness (QED) is 0.799. The van der Waals surface area contributed by atoms with Crippen LogP contribution >= 0.6 is 22.7 Å². The maximum atomic E-state index is 11.0. The summed E-state index contributed by atoms with van der Waals surface area (Å²) in [6.07, 6.45) is 0. The van der Waals surface area contributed by atoms with Crippen molar-refractivity contribution in [3.8, 4) is 22.0 Å². The third-order valence-corrected chi connectivity index (χ3v) is 4.01. The molecule has 0 radical (unpaired) electrons. The Kier molecular flexibility index (Phi) is 3.10. The smallest absolute Gasteiger partial charge is 0.335 e. The minimum absolute atomic E-state index is 0.265. The van der Waals surface area contributed by atoms with Gasteiger partial charge in [-0.25, -0.2) is 14.8 Å². The molecule has 94 valence electrons. The largest absolute Gasteiger partial charge is 0.478 e. The standard InChI is InChI=1S/C13H8N2O2S2/c16-13(17)9-3-1-2-8(4-9)10-6-19-12(15-10)11-5-18-7-14-11/h1-7H,(H,16,17). The minimum atomic E-state index is -0.934. The lowest BCUT2D eigenvalue weighted by Gasteiger charge is -1.98. The first kappa shape index (κ1) is 12.0. The molecule has 1 aromatic carbocycles. The van der Waals surface area contributed by atoms with E-state index >= 15 is 0 Å². The highest BCUT2D eigenvalue weighted by Crippen LogP contribution is 2.28. The number of hydrogen-bond donors (Lipinski definition) is 1. The van der Waals surface area contributed by atoms with E-state index in [9.17, 15) is 4.79 Å². The third-order valence-electron chi connectivity index (χ3n) is 2.56. The van der Waals surface area contributed by atoms with E-state index in [2.05, 4.69) is 9.97 Å². The summed E-state index contributed by atoms with van der Waals surface area (Å²) in [7, 11) is 0. The lowest BCUT2D eigenvalue weighted by atomic mass is 10.1. The fraction of sp³-hybridized carbons (Fsp3) is 0. The van der Waals surface area contributed by atoms with Crippen molar-refractivity contribution in [2.45, 2.75) is 0 Å². The maximum Gasteiger partial charge on any atom is 0.335 e.